The molecular formula is C19H17FN2OS. The lowest BCUT2D eigenvalue weighted by Gasteiger charge is -2.05. The van der Waals surface area contributed by atoms with Crippen LogP contribution in [0.25, 0.3) is 11.3 Å². The third-order valence-corrected chi connectivity index (χ3v) is 4.39. The molecule has 1 heterocycles. The molecule has 0 N–H and O–H groups in total. The molecule has 24 heavy (non-hydrogen) atoms. The lowest BCUT2D eigenvalue weighted by Crippen LogP contribution is -1.92. The maximum Gasteiger partial charge on any atom is 0.123 e. The zero-order valence-electron chi connectivity index (χ0n) is 13.3. The van der Waals surface area contributed by atoms with Gasteiger partial charge >= 0.3 is 0 Å². The molecule has 0 aliphatic carbocycles. The van der Waals surface area contributed by atoms with Crippen LogP contribution < -0.4 is 4.74 Å². The molecule has 3 rings (SSSR count). The summed E-state index contributed by atoms with van der Waals surface area (Å²) in [6, 6.07) is 18.2. The summed E-state index contributed by atoms with van der Waals surface area (Å²) in [5.41, 5.74) is 2.88. The van der Waals surface area contributed by atoms with Crippen molar-refractivity contribution in [1.29, 1.82) is 0 Å². The average Bonchev–Trinajstić information content (AvgIpc) is 2.63. The first-order chi connectivity index (χ1) is 11.7. The van der Waals surface area contributed by atoms with Crippen LogP contribution in [-0.2, 0) is 5.75 Å². The van der Waals surface area contributed by atoms with E-state index in [4.69, 9.17) is 4.74 Å². The molecule has 2 aromatic carbocycles. The van der Waals surface area contributed by atoms with Gasteiger partial charge in [0.2, 0.25) is 0 Å². The summed E-state index contributed by atoms with van der Waals surface area (Å²) in [5.74, 6) is 1.36. The smallest absolute Gasteiger partial charge is 0.123 e. The fourth-order valence-corrected chi connectivity index (χ4v) is 2.95. The van der Waals surface area contributed by atoms with Gasteiger partial charge in [0.05, 0.1) is 12.3 Å². The minimum absolute atomic E-state index is 0.219. The summed E-state index contributed by atoms with van der Waals surface area (Å²) in [6.07, 6.45) is 0. The molecule has 1 aromatic heterocycles. The highest BCUT2D eigenvalue weighted by Crippen LogP contribution is 2.24. The van der Waals surface area contributed by atoms with Crippen LogP contribution in [0.4, 0.5) is 4.39 Å². The molecule has 0 aliphatic rings. The number of halogens is 1. The highest BCUT2D eigenvalue weighted by Gasteiger charge is 2.03. The Kier molecular flexibility index (Phi) is 5.43. The van der Waals surface area contributed by atoms with Crippen LogP contribution in [-0.4, -0.2) is 16.8 Å². The van der Waals surface area contributed by atoms with Gasteiger partial charge in [-0.1, -0.05) is 23.9 Å². The Hall–Kier alpha value is -2.40. The Bertz CT molecular complexity index is 774. The van der Waals surface area contributed by atoms with Crippen LogP contribution in [0.15, 0.2) is 65.7 Å². The second-order valence-corrected chi connectivity index (χ2v) is 6.12. The fourth-order valence-electron chi connectivity index (χ4n) is 2.18. The first-order valence-corrected chi connectivity index (χ1v) is 8.67. The number of aromatic nitrogens is 2. The molecule has 0 amide bonds. The van der Waals surface area contributed by atoms with E-state index in [1.54, 1.807) is 23.9 Å². The van der Waals surface area contributed by atoms with Crippen molar-refractivity contribution in [3.8, 4) is 17.0 Å². The van der Waals surface area contributed by atoms with Crippen LogP contribution >= 0.6 is 11.8 Å². The van der Waals surface area contributed by atoms with Crippen LogP contribution in [0.2, 0.25) is 0 Å². The predicted molar refractivity (Wildman–Crippen MR) is 94.6 cm³/mol. The molecule has 0 atom stereocenters. The van der Waals surface area contributed by atoms with Gasteiger partial charge in [-0.05, 0) is 61.0 Å². The van der Waals surface area contributed by atoms with Crippen molar-refractivity contribution in [3.63, 3.8) is 0 Å². The molecule has 5 heteroatoms. The molecule has 0 bridgehead atoms. The van der Waals surface area contributed by atoms with E-state index in [-0.39, 0.29) is 5.82 Å². The standard InChI is InChI=1S/C19H17FN2OS/c1-2-23-17-9-5-15(6-10-17)18-11-12-19(22-21-18)24-13-14-3-7-16(20)8-4-14/h3-12H,2,13H2,1H3. The van der Waals surface area contributed by atoms with E-state index >= 15 is 0 Å². The first-order valence-electron chi connectivity index (χ1n) is 7.69. The minimum Gasteiger partial charge on any atom is -0.494 e. The van der Waals surface area contributed by atoms with Crippen molar-refractivity contribution in [2.45, 2.75) is 17.7 Å². The highest BCUT2D eigenvalue weighted by atomic mass is 32.2. The number of rotatable bonds is 6. The van der Waals surface area contributed by atoms with E-state index in [1.807, 2.05) is 43.3 Å². The second-order valence-electron chi connectivity index (χ2n) is 5.13. The Balaban J connectivity index is 1.63. The van der Waals surface area contributed by atoms with E-state index in [0.717, 1.165) is 33.3 Å². The Morgan fingerprint density at radius 1 is 0.917 bits per heavy atom. The lowest BCUT2D eigenvalue weighted by molar-refractivity contribution is 0.340. The molecule has 0 radical (unpaired) electrons. The SMILES string of the molecule is CCOc1ccc(-c2ccc(SCc3ccc(F)cc3)nn2)cc1. The highest BCUT2D eigenvalue weighted by molar-refractivity contribution is 7.98. The number of thioether (sulfide) groups is 1. The quantitative estimate of drug-likeness (QED) is 0.593. The second kappa shape index (κ2) is 7.93. The van der Waals surface area contributed by atoms with Gasteiger partial charge in [-0.2, -0.15) is 0 Å². The maximum atomic E-state index is 12.9. The molecule has 3 aromatic rings. The summed E-state index contributed by atoms with van der Waals surface area (Å²) >= 11 is 1.58. The van der Waals surface area contributed by atoms with Crippen molar-refractivity contribution in [2.75, 3.05) is 6.61 Å². The van der Waals surface area contributed by atoms with E-state index in [0.29, 0.717) is 6.61 Å². The normalized spacial score (nSPS) is 10.6. The number of ether oxygens (including phenoxy) is 1. The Morgan fingerprint density at radius 2 is 1.67 bits per heavy atom. The fraction of sp³-hybridized carbons (Fsp3) is 0.158. The molecule has 0 unspecified atom stereocenters. The third-order valence-electron chi connectivity index (χ3n) is 3.40. The van der Waals surface area contributed by atoms with Crippen molar-refractivity contribution in [1.82, 2.24) is 10.2 Å². The zero-order valence-corrected chi connectivity index (χ0v) is 14.1. The molecule has 0 saturated carbocycles. The monoisotopic (exact) mass is 340 g/mol. The molecule has 0 aliphatic heterocycles. The summed E-state index contributed by atoms with van der Waals surface area (Å²) in [6.45, 7) is 2.61. The van der Waals surface area contributed by atoms with Crippen molar-refractivity contribution >= 4 is 11.8 Å². The van der Waals surface area contributed by atoms with Gasteiger partial charge in [-0.15, -0.1) is 10.2 Å². The van der Waals surface area contributed by atoms with Gasteiger partial charge in [0.15, 0.2) is 0 Å². The van der Waals surface area contributed by atoms with E-state index in [9.17, 15) is 4.39 Å². The Labute approximate surface area is 144 Å². The van der Waals surface area contributed by atoms with Gasteiger partial charge in [0.1, 0.15) is 16.6 Å². The lowest BCUT2D eigenvalue weighted by atomic mass is 10.1. The molecular weight excluding hydrogens is 323 g/mol. The van der Waals surface area contributed by atoms with E-state index < -0.39 is 0 Å². The summed E-state index contributed by atoms with van der Waals surface area (Å²) in [7, 11) is 0. The van der Waals surface area contributed by atoms with Gasteiger partial charge < -0.3 is 4.74 Å². The van der Waals surface area contributed by atoms with Gasteiger partial charge in [-0.25, -0.2) is 4.39 Å². The number of hydrogen-bond donors (Lipinski definition) is 0. The van der Waals surface area contributed by atoms with Crippen molar-refractivity contribution in [2.24, 2.45) is 0 Å². The molecule has 0 fully saturated rings. The van der Waals surface area contributed by atoms with Crippen molar-refractivity contribution < 1.29 is 9.13 Å². The first kappa shape index (κ1) is 16.5. The maximum absolute atomic E-state index is 12.9. The van der Waals surface area contributed by atoms with Crippen LogP contribution in [0.3, 0.4) is 0 Å². The third kappa shape index (κ3) is 4.32. The topological polar surface area (TPSA) is 35.0 Å². The predicted octanol–water partition coefficient (Wildman–Crippen LogP) is 4.97. The summed E-state index contributed by atoms with van der Waals surface area (Å²) in [4.78, 5) is 0. The van der Waals surface area contributed by atoms with Gasteiger partial charge in [-0.3, -0.25) is 0 Å². The number of nitrogens with zero attached hydrogens (tertiary/aromatic N) is 2. The van der Waals surface area contributed by atoms with Crippen molar-refractivity contribution in [3.05, 3.63) is 72.0 Å². The molecule has 122 valence electrons. The number of hydrogen-bond acceptors (Lipinski definition) is 4. The van der Waals surface area contributed by atoms with Crippen LogP contribution in [0.5, 0.6) is 5.75 Å². The van der Waals surface area contributed by atoms with Gasteiger partial charge in [0, 0.05) is 11.3 Å². The molecule has 0 spiro atoms. The average molecular weight is 340 g/mol. The zero-order chi connectivity index (χ0) is 16.8. The summed E-state index contributed by atoms with van der Waals surface area (Å²) in [5, 5.41) is 9.38. The minimum atomic E-state index is -0.219. The Morgan fingerprint density at radius 3 is 2.29 bits per heavy atom. The van der Waals surface area contributed by atoms with E-state index in [2.05, 4.69) is 10.2 Å². The summed E-state index contributed by atoms with van der Waals surface area (Å²) < 4.78 is 18.3. The molecule has 0 saturated heterocycles. The van der Waals surface area contributed by atoms with E-state index in [1.165, 1.54) is 12.1 Å². The van der Waals surface area contributed by atoms with Crippen LogP contribution in [0.1, 0.15) is 12.5 Å². The van der Waals surface area contributed by atoms with Crippen LogP contribution in [0, 0.1) is 5.82 Å². The molecule has 3 nitrogen and oxygen atoms in total. The van der Waals surface area contributed by atoms with Gasteiger partial charge in [0.25, 0.3) is 0 Å². The number of benzene rings is 2. The largest absolute Gasteiger partial charge is 0.494 e.